The van der Waals surface area contributed by atoms with E-state index in [9.17, 15) is 0 Å². The molecule has 88 valence electrons. The van der Waals surface area contributed by atoms with Crippen LogP contribution in [0.25, 0.3) is 0 Å². The van der Waals surface area contributed by atoms with Crippen molar-refractivity contribution in [1.82, 2.24) is 0 Å². The second-order valence-corrected chi connectivity index (χ2v) is 6.20. The number of rotatable bonds is 1. The normalized spacial score (nSPS) is 19.8. The molecule has 1 aromatic carbocycles. The summed E-state index contributed by atoms with van der Waals surface area (Å²) in [6, 6.07) is 6.68. The van der Waals surface area contributed by atoms with Crippen molar-refractivity contribution in [2.75, 3.05) is 0 Å². The van der Waals surface area contributed by atoms with E-state index >= 15 is 0 Å². The van der Waals surface area contributed by atoms with Crippen LogP contribution in [-0.4, -0.2) is 6.10 Å². The van der Waals surface area contributed by atoms with Gasteiger partial charge >= 0.3 is 0 Å². The Bertz CT molecular complexity index is 385. The van der Waals surface area contributed by atoms with Gasteiger partial charge in [0.2, 0.25) is 0 Å². The summed E-state index contributed by atoms with van der Waals surface area (Å²) in [7, 11) is 0. The Morgan fingerprint density at radius 2 is 1.94 bits per heavy atom. The third-order valence-electron chi connectivity index (χ3n) is 3.40. The minimum Gasteiger partial charge on any atom is -0.489 e. The minimum absolute atomic E-state index is 0.219. The molecule has 0 spiro atoms. The van der Waals surface area contributed by atoms with Gasteiger partial charge in [0.15, 0.2) is 0 Å². The Morgan fingerprint density at radius 3 is 2.50 bits per heavy atom. The van der Waals surface area contributed by atoms with E-state index in [2.05, 4.69) is 52.8 Å². The Morgan fingerprint density at radius 1 is 1.25 bits per heavy atom. The molecule has 1 aliphatic rings. The zero-order chi connectivity index (χ0) is 11.9. The molecule has 1 aromatic rings. The fourth-order valence-corrected chi connectivity index (χ4v) is 2.09. The molecule has 1 unspecified atom stereocenters. The van der Waals surface area contributed by atoms with E-state index in [4.69, 9.17) is 4.74 Å². The van der Waals surface area contributed by atoms with E-state index in [1.807, 2.05) is 0 Å². The van der Waals surface area contributed by atoms with Crippen LogP contribution in [0.2, 0.25) is 0 Å². The quantitative estimate of drug-likeness (QED) is 0.687. The van der Waals surface area contributed by atoms with E-state index < -0.39 is 0 Å². The molecule has 1 aliphatic heterocycles. The molecule has 0 fully saturated rings. The van der Waals surface area contributed by atoms with Gasteiger partial charge < -0.3 is 4.74 Å². The monoisotopic (exact) mass is 218 g/mol. The van der Waals surface area contributed by atoms with Crippen molar-refractivity contribution in [3.8, 4) is 5.75 Å². The molecule has 0 amide bonds. The predicted molar refractivity (Wildman–Crippen MR) is 68.1 cm³/mol. The summed E-state index contributed by atoms with van der Waals surface area (Å²) in [5, 5.41) is 0. The van der Waals surface area contributed by atoms with Crippen LogP contribution in [0.15, 0.2) is 18.2 Å². The van der Waals surface area contributed by atoms with Crippen molar-refractivity contribution in [3.63, 3.8) is 0 Å². The average Bonchev–Trinajstić information content (AvgIpc) is 2.58. The molecule has 1 heterocycles. The summed E-state index contributed by atoms with van der Waals surface area (Å²) >= 11 is 0. The first kappa shape index (κ1) is 11.5. The third-order valence-corrected chi connectivity index (χ3v) is 3.40. The zero-order valence-electron chi connectivity index (χ0n) is 11.0. The van der Waals surface area contributed by atoms with Crippen molar-refractivity contribution in [1.29, 1.82) is 0 Å². The smallest absolute Gasteiger partial charge is 0.123 e. The second kappa shape index (κ2) is 3.80. The number of benzene rings is 1. The first-order valence-corrected chi connectivity index (χ1v) is 6.17. The van der Waals surface area contributed by atoms with Crippen molar-refractivity contribution in [2.45, 2.75) is 53.1 Å². The first-order chi connectivity index (χ1) is 7.38. The summed E-state index contributed by atoms with van der Waals surface area (Å²) < 4.78 is 6.06. The summed E-state index contributed by atoms with van der Waals surface area (Å²) in [6.07, 6.45) is 1.38. The van der Waals surface area contributed by atoms with Crippen molar-refractivity contribution >= 4 is 0 Å². The van der Waals surface area contributed by atoms with Gasteiger partial charge in [0.25, 0.3) is 0 Å². The lowest BCUT2D eigenvalue weighted by atomic mass is 9.86. The lowest BCUT2D eigenvalue weighted by Gasteiger charge is -2.26. The van der Waals surface area contributed by atoms with E-state index in [-0.39, 0.29) is 5.41 Å². The summed E-state index contributed by atoms with van der Waals surface area (Å²) in [6.45, 7) is 11.2. The molecule has 1 atom stereocenters. The Labute approximate surface area is 98.8 Å². The third kappa shape index (κ3) is 2.09. The van der Waals surface area contributed by atoms with Crippen LogP contribution in [0, 0.1) is 5.41 Å². The lowest BCUT2D eigenvalue weighted by Crippen LogP contribution is -2.30. The van der Waals surface area contributed by atoms with Gasteiger partial charge in [-0.25, -0.2) is 0 Å². The molecule has 0 aromatic heterocycles. The van der Waals surface area contributed by atoms with Crippen LogP contribution < -0.4 is 4.74 Å². The highest BCUT2D eigenvalue weighted by Gasteiger charge is 2.32. The Hall–Kier alpha value is -0.980. The number of hydrogen-bond acceptors (Lipinski definition) is 1. The van der Waals surface area contributed by atoms with E-state index in [0.29, 0.717) is 12.0 Å². The van der Waals surface area contributed by atoms with E-state index in [1.54, 1.807) is 0 Å². The highest BCUT2D eigenvalue weighted by molar-refractivity contribution is 5.42. The van der Waals surface area contributed by atoms with Gasteiger partial charge in [-0.15, -0.1) is 0 Å². The molecule has 16 heavy (non-hydrogen) atoms. The molecule has 0 bridgehead atoms. The van der Waals surface area contributed by atoms with Crippen LogP contribution in [-0.2, 0) is 6.42 Å². The summed E-state index contributed by atoms with van der Waals surface area (Å²) in [4.78, 5) is 0. The van der Waals surface area contributed by atoms with Gasteiger partial charge in [-0.2, -0.15) is 0 Å². The van der Waals surface area contributed by atoms with Crippen molar-refractivity contribution in [2.24, 2.45) is 5.41 Å². The van der Waals surface area contributed by atoms with Gasteiger partial charge in [0, 0.05) is 6.42 Å². The molecule has 0 aliphatic carbocycles. The van der Waals surface area contributed by atoms with Crippen LogP contribution in [0.1, 0.15) is 51.7 Å². The fraction of sp³-hybridized carbons (Fsp3) is 0.600. The van der Waals surface area contributed by atoms with Crippen molar-refractivity contribution in [3.05, 3.63) is 29.3 Å². The summed E-state index contributed by atoms with van der Waals surface area (Å²) in [5.41, 5.74) is 2.95. The largest absolute Gasteiger partial charge is 0.489 e. The van der Waals surface area contributed by atoms with Crippen LogP contribution >= 0.6 is 0 Å². The highest BCUT2D eigenvalue weighted by Crippen LogP contribution is 2.37. The van der Waals surface area contributed by atoms with E-state index in [1.165, 1.54) is 11.1 Å². The van der Waals surface area contributed by atoms with Crippen LogP contribution in [0.5, 0.6) is 5.75 Å². The number of fused-ring (bicyclic) bond motifs is 1. The first-order valence-electron chi connectivity index (χ1n) is 6.17. The molecule has 0 saturated heterocycles. The standard InChI is InChI=1S/C15H22O/c1-10(2)11-6-7-12-9-14(15(3,4)5)16-13(12)8-11/h6-8,10,14H,9H2,1-5H3. The zero-order valence-corrected chi connectivity index (χ0v) is 11.0. The molecule has 0 N–H and O–H groups in total. The van der Waals surface area contributed by atoms with Gasteiger partial charge in [0.05, 0.1) is 0 Å². The lowest BCUT2D eigenvalue weighted by molar-refractivity contribution is 0.109. The second-order valence-electron chi connectivity index (χ2n) is 6.20. The maximum absolute atomic E-state index is 6.06. The SMILES string of the molecule is CC(C)c1ccc2c(c1)OC(C(C)(C)C)C2. The molecular weight excluding hydrogens is 196 g/mol. The van der Waals surface area contributed by atoms with Crippen LogP contribution in [0.4, 0.5) is 0 Å². The van der Waals surface area contributed by atoms with Gasteiger partial charge in [0.1, 0.15) is 11.9 Å². The fourth-order valence-electron chi connectivity index (χ4n) is 2.09. The maximum atomic E-state index is 6.06. The Kier molecular flexibility index (Phi) is 2.73. The molecular formula is C15H22O. The molecule has 0 saturated carbocycles. The van der Waals surface area contributed by atoms with Crippen LogP contribution in [0.3, 0.4) is 0 Å². The average molecular weight is 218 g/mol. The molecule has 1 nitrogen and oxygen atoms in total. The maximum Gasteiger partial charge on any atom is 0.123 e. The minimum atomic E-state index is 0.219. The Balaban J connectivity index is 2.25. The molecule has 1 heteroatoms. The predicted octanol–water partition coefficient (Wildman–Crippen LogP) is 4.16. The number of ether oxygens (including phenoxy) is 1. The van der Waals surface area contributed by atoms with Gasteiger partial charge in [-0.1, -0.05) is 46.8 Å². The van der Waals surface area contributed by atoms with Crippen molar-refractivity contribution < 1.29 is 4.74 Å². The van der Waals surface area contributed by atoms with Gasteiger partial charge in [-0.05, 0) is 28.5 Å². The molecule has 2 rings (SSSR count). The molecule has 0 radical (unpaired) electrons. The van der Waals surface area contributed by atoms with E-state index in [0.717, 1.165) is 12.2 Å². The number of hydrogen-bond donors (Lipinski definition) is 0. The summed E-state index contributed by atoms with van der Waals surface area (Å²) in [5.74, 6) is 1.67. The van der Waals surface area contributed by atoms with Gasteiger partial charge in [-0.3, -0.25) is 0 Å². The topological polar surface area (TPSA) is 9.23 Å². The highest BCUT2D eigenvalue weighted by atomic mass is 16.5.